The predicted molar refractivity (Wildman–Crippen MR) is 95.6 cm³/mol. The number of anilines is 1. The average Bonchev–Trinajstić information content (AvgIpc) is 2.93. The van der Waals surface area contributed by atoms with Crippen LogP contribution >= 0.6 is 0 Å². The zero-order valence-electron chi connectivity index (χ0n) is 15.2. The van der Waals surface area contributed by atoms with Crippen molar-refractivity contribution in [2.24, 2.45) is 0 Å². The van der Waals surface area contributed by atoms with E-state index in [1.807, 2.05) is 22.7 Å². The lowest BCUT2D eigenvalue weighted by Gasteiger charge is -2.42. The normalized spacial score (nSPS) is 20.7. The van der Waals surface area contributed by atoms with E-state index in [2.05, 4.69) is 41.2 Å². The van der Waals surface area contributed by atoms with Gasteiger partial charge in [0.1, 0.15) is 12.1 Å². The second kappa shape index (κ2) is 6.59. The number of aliphatic carboxylic acids is 1. The number of fused-ring (bicyclic) bond motifs is 1. The van der Waals surface area contributed by atoms with Gasteiger partial charge in [-0.25, -0.2) is 14.6 Å². The van der Waals surface area contributed by atoms with Crippen LogP contribution in [0.5, 0.6) is 0 Å². The third-order valence-corrected chi connectivity index (χ3v) is 4.72. The minimum Gasteiger partial charge on any atom is -0.480 e. The lowest BCUT2D eigenvalue weighted by Crippen LogP contribution is -2.51. The number of hydrogen-bond acceptors (Lipinski definition) is 6. The predicted octanol–water partition coefficient (Wildman–Crippen LogP) is 1.93. The van der Waals surface area contributed by atoms with E-state index in [9.17, 15) is 4.79 Å². The number of carboxylic acids is 1. The molecule has 1 fully saturated rings. The summed E-state index contributed by atoms with van der Waals surface area (Å²) in [5.74, 6) is 0.0237. The molecule has 1 aliphatic carbocycles. The number of nitrogens with one attached hydrogen (secondary N) is 1. The molecule has 0 saturated heterocycles. The Kier molecular flexibility index (Phi) is 4.64. The first-order valence-electron chi connectivity index (χ1n) is 8.71. The first kappa shape index (κ1) is 17.6. The van der Waals surface area contributed by atoms with Crippen molar-refractivity contribution in [3.63, 3.8) is 0 Å². The minimum absolute atomic E-state index is 0.101. The van der Waals surface area contributed by atoms with Gasteiger partial charge in [-0.05, 0) is 40.2 Å². The molecule has 0 aliphatic heterocycles. The number of likely N-dealkylation sites (N-methyl/N-ethyl adjacent to an activating group) is 1. The second-order valence-corrected chi connectivity index (χ2v) is 7.61. The van der Waals surface area contributed by atoms with Gasteiger partial charge >= 0.3 is 5.97 Å². The fourth-order valence-electron chi connectivity index (χ4n) is 3.32. The smallest absolute Gasteiger partial charge is 0.317 e. The summed E-state index contributed by atoms with van der Waals surface area (Å²) < 4.78 is 1.91. The van der Waals surface area contributed by atoms with Crippen molar-refractivity contribution in [1.29, 1.82) is 0 Å². The SMILES string of the molecule is CCN(CC(=O)O)C1CC(Nc2ncnc3c2cnn3C(C)(C)C)C1. The van der Waals surface area contributed by atoms with Crippen LogP contribution in [0.15, 0.2) is 12.5 Å². The minimum atomic E-state index is -0.773. The average molecular weight is 346 g/mol. The molecule has 3 rings (SSSR count). The molecule has 0 atom stereocenters. The van der Waals surface area contributed by atoms with Crippen molar-refractivity contribution in [2.75, 3.05) is 18.4 Å². The first-order chi connectivity index (χ1) is 11.8. The van der Waals surface area contributed by atoms with E-state index in [1.165, 1.54) is 0 Å². The van der Waals surface area contributed by atoms with Crippen molar-refractivity contribution in [3.05, 3.63) is 12.5 Å². The highest BCUT2D eigenvalue weighted by Gasteiger charge is 2.34. The van der Waals surface area contributed by atoms with Gasteiger partial charge in [0.05, 0.1) is 23.7 Å². The monoisotopic (exact) mass is 346 g/mol. The molecule has 2 aromatic rings. The molecule has 25 heavy (non-hydrogen) atoms. The second-order valence-electron chi connectivity index (χ2n) is 7.61. The topological polar surface area (TPSA) is 96.2 Å². The standard InChI is InChI=1S/C17H26N6O2/c1-5-22(9-14(24)25)12-6-11(7-12)21-15-13-8-20-23(17(2,3)4)16(13)19-10-18-15/h8,10-12H,5-7,9H2,1-4H3,(H,24,25)(H,18,19,21). The van der Waals surface area contributed by atoms with Crippen LogP contribution in [-0.2, 0) is 10.3 Å². The zero-order chi connectivity index (χ0) is 18.2. The van der Waals surface area contributed by atoms with Crippen molar-refractivity contribution < 1.29 is 9.90 Å². The molecule has 8 heteroatoms. The molecule has 2 aromatic heterocycles. The van der Waals surface area contributed by atoms with Gasteiger partial charge < -0.3 is 10.4 Å². The van der Waals surface area contributed by atoms with Crippen LogP contribution in [0.3, 0.4) is 0 Å². The summed E-state index contributed by atoms with van der Waals surface area (Å²) >= 11 is 0. The van der Waals surface area contributed by atoms with Crippen LogP contribution in [0, 0.1) is 0 Å². The molecule has 0 bridgehead atoms. The van der Waals surface area contributed by atoms with Gasteiger partial charge in [-0.1, -0.05) is 6.92 Å². The van der Waals surface area contributed by atoms with E-state index in [-0.39, 0.29) is 12.1 Å². The summed E-state index contributed by atoms with van der Waals surface area (Å²) in [6.07, 6.45) is 5.20. The van der Waals surface area contributed by atoms with Crippen LogP contribution < -0.4 is 5.32 Å². The van der Waals surface area contributed by atoms with E-state index in [4.69, 9.17) is 5.11 Å². The fraction of sp³-hybridized carbons (Fsp3) is 0.647. The van der Waals surface area contributed by atoms with Crippen molar-refractivity contribution in [1.82, 2.24) is 24.6 Å². The molecule has 0 radical (unpaired) electrons. The highest BCUT2D eigenvalue weighted by atomic mass is 16.4. The summed E-state index contributed by atoms with van der Waals surface area (Å²) in [6.45, 7) is 9.12. The van der Waals surface area contributed by atoms with Crippen LogP contribution in [0.1, 0.15) is 40.5 Å². The fourth-order valence-corrected chi connectivity index (χ4v) is 3.32. The molecule has 0 amide bonds. The molecule has 0 aromatic carbocycles. The summed E-state index contributed by atoms with van der Waals surface area (Å²) in [5.41, 5.74) is 0.676. The molecular weight excluding hydrogens is 320 g/mol. The number of hydrogen-bond donors (Lipinski definition) is 2. The Morgan fingerprint density at radius 1 is 1.40 bits per heavy atom. The number of carboxylic acid groups (broad SMARTS) is 1. The number of carbonyl (C=O) groups is 1. The molecule has 136 valence electrons. The Morgan fingerprint density at radius 2 is 2.12 bits per heavy atom. The van der Waals surface area contributed by atoms with Gasteiger partial charge in [-0.2, -0.15) is 5.10 Å². The van der Waals surface area contributed by atoms with E-state index in [0.717, 1.165) is 36.2 Å². The maximum Gasteiger partial charge on any atom is 0.317 e. The van der Waals surface area contributed by atoms with Crippen LogP contribution in [0.2, 0.25) is 0 Å². The zero-order valence-corrected chi connectivity index (χ0v) is 15.2. The van der Waals surface area contributed by atoms with Crippen LogP contribution in [0.4, 0.5) is 5.82 Å². The highest BCUT2D eigenvalue weighted by Crippen LogP contribution is 2.30. The summed E-state index contributed by atoms with van der Waals surface area (Å²) in [4.78, 5) is 21.7. The maximum absolute atomic E-state index is 10.9. The Hall–Kier alpha value is -2.22. The van der Waals surface area contributed by atoms with Gasteiger partial charge in [0.25, 0.3) is 0 Å². The Bertz CT molecular complexity index is 760. The molecule has 0 spiro atoms. The summed E-state index contributed by atoms with van der Waals surface area (Å²) in [5, 5.41) is 17.8. The first-order valence-corrected chi connectivity index (χ1v) is 8.71. The molecule has 2 N–H and O–H groups in total. The van der Waals surface area contributed by atoms with E-state index in [0.29, 0.717) is 12.1 Å². The highest BCUT2D eigenvalue weighted by molar-refractivity contribution is 5.86. The third-order valence-electron chi connectivity index (χ3n) is 4.72. The molecule has 0 unspecified atom stereocenters. The molecule has 1 saturated carbocycles. The number of nitrogens with zero attached hydrogens (tertiary/aromatic N) is 5. The van der Waals surface area contributed by atoms with Gasteiger partial charge in [0.2, 0.25) is 0 Å². The molecule has 1 aliphatic rings. The quantitative estimate of drug-likeness (QED) is 0.825. The van der Waals surface area contributed by atoms with Crippen molar-refractivity contribution in [3.8, 4) is 0 Å². The van der Waals surface area contributed by atoms with Gasteiger partial charge in [-0.15, -0.1) is 0 Å². The molecule has 2 heterocycles. The molecule has 8 nitrogen and oxygen atoms in total. The summed E-state index contributed by atoms with van der Waals surface area (Å²) in [6, 6.07) is 0.608. The molecular formula is C17H26N6O2. The maximum atomic E-state index is 10.9. The number of aromatic nitrogens is 4. The van der Waals surface area contributed by atoms with Gasteiger partial charge in [0.15, 0.2) is 5.65 Å². The summed E-state index contributed by atoms with van der Waals surface area (Å²) in [7, 11) is 0. The lowest BCUT2D eigenvalue weighted by atomic mass is 9.85. The Morgan fingerprint density at radius 3 is 2.72 bits per heavy atom. The van der Waals surface area contributed by atoms with E-state index >= 15 is 0 Å². The number of rotatable bonds is 6. The van der Waals surface area contributed by atoms with Crippen molar-refractivity contribution >= 4 is 22.8 Å². The Balaban J connectivity index is 1.69. The lowest BCUT2D eigenvalue weighted by molar-refractivity contribution is -0.139. The van der Waals surface area contributed by atoms with E-state index in [1.54, 1.807) is 6.33 Å². The van der Waals surface area contributed by atoms with Crippen molar-refractivity contribution in [2.45, 2.75) is 58.2 Å². The van der Waals surface area contributed by atoms with E-state index < -0.39 is 5.97 Å². The largest absolute Gasteiger partial charge is 0.480 e. The van der Waals surface area contributed by atoms with Crippen LogP contribution in [-0.4, -0.2) is 60.9 Å². The van der Waals surface area contributed by atoms with Gasteiger partial charge in [0, 0.05) is 12.1 Å². The van der Waals surface area contributed by atoms with Gasteiger partial charge in [-0.3, -0.25) is 9.69 Å². The Labute approximate surface area is 147 Å². The van der Waals surface area contributed by atoms with Crippen LogP contribution in [0.25, 0.3) is 11.0 Å². The third kappa shape index (κ3) is 3.58.